The minimum Gasteiger partial charge on any atom is -0.493 e. The van der Waals surface area contributed by atoms with Crippen LogP contribution >= 0.6 is 11.6 Å². The first kappa shape index (κ1) is 20.6. The van der Waals surface area contributed by atoms with Crippen LogP contribution < -0.4 is 9.47 Å². The van der Waals surface area contributed by atoms with Crippen molar-refractivity contribution in [2.75, 3.05) is 27.4 Å². The third-order valence-corrected chi connectivity index (χ3v) is 4.18. The topological polar surface area (TPSA) is 65.1 Å². The quantitative estimate of drug-likeness (QED) is 0.644. The Balaban J connectivity index is 1.98. The van der Waals surface area contributed by atoms with Crippen LogP contribution in [-0.4, -0.2) is 44.1 Å². The summed E-state index contributed by atoms with van der Waals surface area (Å²) in [5, 5.41) is 0.430. The molecular weight excluding hydrogens is 370 g/mol. The number of likely N-dealkylation sites (N-methyl/N-ethyl adjacent to an activating group) is 1. The Morgan fingerprint density at radius 3 is 2.41 bits per heavy atom. The van der Waals surface area contributed by atoms with Gasteiger partial charge in [-0.3, -0.25) is 4.79 Å². The highest BCUT2D eigenvalue weighted by atomic mass is 35.5. The first-order valence-corrected chi connectivity index (χ1v) is 8.77. The van der Waals surface area contributed by atoms with E-state index in [1.165, 1.54) is 6.07 Å². The van der Waals surface area contributed by atoms with Crippen LogP contribution in [0.5, 0.6) is 11.5 Å². The zero-order valence-electron chi connectivity index (χ0n) is 15.5. The molecule has 1 amide bonds. The minimum absolute atomic E-state index is 0.289. The van der Waals surface area contributed by atoms with Gasteiger partial charge < -0.3 is 19.1 Å². The van der Waals surface area contributed by atoms with Crippen molar-refractivity contribution in [2.24, 2.45) is 0 Å². The number of amides is 1. The van der Waals surface area contributed by atoms with Crippen LogP contribution in [0.1, 0.15) is 22.8 Å². The molecule has 0 N–H and O–H groups in total. The van der Waals surface area contributed by atoms with Gasteiger partial charge in [-0.05, 0) is 42.8 Å². The Bertz CT molecular complexity index is 809. The number of hydrogen-bond donors (Lipinski definition) is 0. The molecule has 0 aliphatic carbocycles. The molecule has 0 heterocycles. The van der Waals surface area contributed by atoms with E-state index in [1.807, 2.05) is 19.1 Å². The summed E-state index contributed by atoms with van der Waals surface area (Å²) >= 11 is 5.86. The van der Waals surface area contributed by atoms with Crippen LogP contribution in [0.4, 0.5) is 0 Å². The van der Waals surface area contributed by atoms with Crippen molar-refractivity contribution < 1.29 is 23.8 Å². The standard InChI is InChI=1S/C20H22ClNO5/c1-4-22(12-14-8-9-17(25-2)18(10-14)26-3)19(23)13-27-20(24)15-6-5-7-16(21)11-15/h5-11H,4,12-13H2,1-3H3. The molecule has 0 spiro atoms. The van der Waals surface area contributed by atoms with Gasteiger partial charge in [0.25, 0.3) is 5.91 Å². The lowest BCUT2D eigenvalue weighted by atomic mass is 10.2. The molecule has 144 valence electrons. The van der Waals surface area contributed by atoms with Crippen LogP contribution in [0.15, 0.2) is 42.5 Å². The monoisotopic (exact) mass is 391 g/mol. The molecule has 6 nitrogen and oxygen atoms in total. The smallest absolute Gasteiger partial charge is 0.338 e. The average Bonchev–Trinajstić information content (AvgIpc) is 2.69. The number of ether oxygens (including phenoxy) is 3. The summed E-state index contributed by atoms with van der Waals surface area (Å²) in [6.45, 7) is 2.36. The van der Waals surface area contributed by atoms with Gasteiger partial charge in [-0.1, -0.05) is 23.7 Å². The van der Waals surface area contributed by atoms with Gasteiger partial charge in [0.2, 0.25) is 0 Å². The molecule has 0 aliphatic heterocycles. The molecule has 0 radical (unpaired) electrons. The van der Waals surface area contributed by atoms with E-state index in [4.69, 9.17) is 25.8 Å². The molecule has 0 bridgehead atoms. The Labute approximate surface area is 163 Å². The molecule has 27 heavy (non-hydrogen) atoms. The number of esters is 1. The lowest BCUT2D eigenvalue weighted by molar-refractivity contribution is -0.134. The van der Waals surface area contributed by atoms with Crippen molar-refractivity contribution in [1.82, 2.24) is 4.90 Å². The maximum absolute atomic E-state index is 12.4. The molecule has 0 aromatic heterocycles. The predicted molar refractivity (Wildman–Crippen MR) is 102 cm³/mol. The number of halogens is 1. The summed E-state index contributed by atoms with van der Waals surface area (Å²) in [5.74, 6) is 0.327. The summed E-state index contributed by atoms with van der Waals surface area (Å²) in [7, 11) is 3.12. The number of hydrogen-bond acceptors (Lipinski definition) is 5. The maximum Gasteiger partial charge on any atom is 0.338 e. The normalized spacial score (nSPS) is 10.2. The number of benzene rings is 2. The number of carbonyl (C=O) groups excluding carboxylic acids is 2. The third-order valence-electron chi connectivity index (χ3n) is 3.94. The Morgan fingerprint density at radius 2 is 1.78 bits per heavy atom. The van der Waals surface area contributed by atoms with Crippen LogP contribution in [0.25, 0.3) is 0 Å². The Kier molecular flexibility index (Phi) is 7.49. The van der Waals surface area contributed by atoms with Gasteiger partial charge in [0, 0.05) is 18.1 Å². The van der Waals surface area contributed by atoms with E-state index in [0.717, 1.165) is 5.56 Å². The molecule has 0 saturated carbocycles. The molecule has 7 heteroatoms. The summed E-state index contributed by atoms with van der Waals surface area (Å²) < 4.78 is 15.6. The fourth-order valence-corrected chi connectivity index (χ4v) is 2.68. The molecule has 0 aliphatic rings. The van der Waals surface area contributed by atoms with Gasteiger partial charge in [-0.25, -0.2) is 4.79 Å². The number of nitrogens with zero attached hydrogens (tertiary/aromatic N) is 1. The van der Waals surface area contributed by atoms with Crippen molar-refractivity contribution in [1.29, 1.82) is 0 Å². The SMILES string of the molecule is CCN(Cc1ccc(OC)c(OC)c1)C(=O)COC(=O)c1cccc(Cl)c1. The van der Waals surface area contributed by atoms with Gasteiger partial charge in [0.05, 0.1) is 19.8 Å². The fourth-order valence-electron chi connectivity index (χ4n) is 2.49. The fraction of sp³-hybridized carbons (Fsp3) is 0.300. The second-order valence-electron chi connectivity index (χ2n) is 5.68. The van der Waals surface area contributed by atoms with Crippen molar-refractivity contribution >= 4 is 23.5 Å². The highest BCUT2D eigenvalue weighted by Crippen LogP contribution is 2.28. The van der Waals surface area contributed by atoms with E-state index < -0.39 is 5.97 Å². The largest absolute Gasteiger partial charge is 0.493 e. The van der Waals surface area contributed by atoms with Crippen molar-refractivity contribution in [3.05, 3.63) is 58.6 Å². The van der Waals surface area contributed by atoms with Gasteiger partial charge in [0.15, 0.2) is 18.1 Å². The first-order valence-electron chi connectivity index (χ1n) is 8.39. The second kappa shape index (κ2) is 9.83. The van der Waals surface area contributed by atoms with Gasteiger partial charge in [-0.15, -0.1) is 0 Å². The van der Waals surface area contributed by atoms with Crippen LogP contribution in [0.2, 0.25) is 5.02 Å². The molecule has 0 fully saturated rings. The minimum atomic E-state index is -0.590. The highest BCUT2D eigenvalue weighted by Gasteiger charge is 2.17. The van der Waals surface area contributed by atoms with Crippen LogP contribution in [-0.2, 0) is 16.1 Å². The van der Waals surface area contributed by atoms with E-state index in [0.29, 0.717) is 35.2 Å². The predicted octanol–water partition coefficient (Wildman–Crippen LogP) is 3.56. The van der Waals surface area contributed by atoms with Crippen LogP contribution in [0, 0.1) is 0 Å². The maximum atomic E-state index is 12.4. The summed E-state index contributed by atoms with van der Waals surface area (Å²) in [4.78, 5) is 26.1. The second-order valence-corrected chi connectivity index (χ2v) is 6.12. The van der Waals surface area contributed by atoms with E-state index in [9.17, 15) is 9.59 Å². The van der Waals surface area contributed by atoms with Crippen molar-refractivity contribution in [2.45, 2.75) is 13.5 Å². The van der Waals surface area contributed by atoms with E-state index in [1.54, 1.807) is 43.4 Å². The Hall–Kier alpha value is -2.73. The summed E-state index contributed by atoms with van der Waals surface area (Å²) in [6.07, 6.45) is 0. The lowest BCUT2D eigenvalue weighted by Gasteiger charge is -2.21. The van der Waals surface area contributed by atoms with Gasteiger partial charge in [0.1, 0.15) is 0 Å². The van der Waals surface area contributed by atoms with Crippen LogP contribution in [0.3, 0.4) is 0 Å². The molecule has 2 aromatic carbocycles. The molecule has 0 saturated heterocycles. The molecular formula is C20H22ClNO5. The lowest BCUT2D eigenvalue weighted by Crippen LogP contribution is -2.34. The molecule has 2 rings (SSSR count). The molecule has 0 unspecified atom stereocenters. The Morgan fingerprint density at radius 1 is 1.04 bits per heavy atom. The summed E-state index contributed by atoms with van der Waals surface area (Å²) in [6, 6.07) is 11.8. The average molecular weight is 392 g/mol. The number of carbonyl (C=O) groups is 2. The van der Waals surface area contributed by atoms with Crippen molar-refractivity contribution in [3.8, 4) is 11.5 Å². The highest BCUT2D eigenvalue weighted by molar-refractivity contribution is 6.30. The summed E-state index contributed by atoms with van der Waals surface area (Å²) in [5.41, 5.74) is 1.18. The number of rotatable bonds is 8. The third kappa shape index (κ3) is 5.62. The van der Waals surface area contributed by atoms with Crippen molar-refractivity contribution in [3.63, 3.8) is 0 Å². The van der Waals surface area contributed by atoms with E-state index in [-0.39, 0.29) is 12.5 Å². The van der Waals surface area contributed by atoms with Gasteiger partial charge in [-0.2, -0.15) is 0 Å². The zero-order chi connectivity index (χ0) is 19.8. The number of methoxy groups -OCH3 is 2. The zero-order valence-corrected chi connectivity index (χ0v) is 16.3. The molecule has 2 aromatic rings. The van der Waals surface area contributed by atoms with E-state index >= 15 is 0 Å². The van der Waals surface area contributed by atoms with Gasteiger partial charge >= 0.3 is 5.97 Å². The first-order chi connectivity index (χ1) is 13.0. The van der Waals surface area contributed by atoms with E-state index in [2.05, 4.69) is 0 Å². The molecule has 0 atom stereocenters.